The van der Waals surface area contributed by atoms with E-state index in [9.17, 15) is 4.79 Å². The first kappa shape index (κ1) is 18.5. The number of hydrogen-bond donors (Lipinski definition) is 2. The van der Waals surface area contributed by atoms with Crippen LogP contribution < -0.4 is 10.6 Å². The number of benzene rings is 1. The molecule has 5 heteroatoms. The van der Waals surface area contributed by atoms with Gasteiger partial charge in [-0.3, -0.25) is 4.79 Å². The van der Waals surface area contributed by atoms with Gasteiger partial charge in [0.1, 0.15) is 0 Å². The number of carbonyl (C=O) groups excluding carboxylic acids is 1. The molecule has 0 spiro atoms. The summed E-state index contributed by atoms with van der Waals surface area (Å²) in [5.74, 6) is 0.584. The van der Waals surface area contributed by atoms with Crippen molar-refractivity contribution >= 4 is 34.2 Å². The van der Waals surface area contributed by atoms with Crippen LogP contribution in [0.5, 0.6) is 0 Å². The van der Waals surface area contributed by atoms with Crippen LogP contribution in [0, 0.1) is 5.92 Å². The monoisotopic (exact) mass is 374 g/mol. The van der Waals surface area contributed by atoms with Gasteiger partial charge in [-0.05, 0) is 57.0 Å². The van der Waals surface area contributed by atoms with Gasteiger partial charge in [0.05, 0.1) is 5.41 Å². The molecule has 3 nitrogen and oxygen atoms in total. The van der Waals surface area contributed by atoms with Gasteiger partial charge in [-0.15, -0.1) is 12.4 Å². The van der Waals surface area contributed by atoms with Crippen LogP contribution in [0.15, 0.2) is 28.7 Å². The van der Waals surface area contributed by atoms with E-state index in [0.717, 1.165) is 29.5 Å². The molecule has 0 aliphatic carbocycles. The Morgan fingerprint density at radius 2 is 2.14 bits per heavy atom. The molecule has 0 radical (unpaired) electrons. The minimum Gasteiger partial charge on any atom is -0.352 e. The zero-order chi connectivity index (χ0) is 14.8. The Balaban J connectivity index is 0.00000220. The van der Waals surface area contributed by atoms with Crippen molar-refractivity contribution in [1.29, 1.82) is 0 Å². The molecular formula is C16H24BrClN2O. The lowest BCUT2D eigenvalue weighted by Gasteiger charge is -2.33. The first-order chi connectivity index (χ1) is 9.41. The first-order valence-corrected chi connectivity index (χ1v) is 7.98. The number of hydrogen-bond acceptors (Lipinski definition) is 2. The molecule has 0 aromatic heterocycles. The fraction of sp³-hybridized carbons (Fsp3) is 0.562. The van der Waals surface area contributed by atoms with Gasteiger partial charge < -0.3 is 10.6 Å². The summed E-state index contributed by atoms with van der Waals surface area (Å²) in [7, 11) is 0. The molecule has 21 heavy (non-hydrogen) atoms. The van der Waals surface area contributed by atoms with Crippen LogP contribution in [0.4, 0.5) is 0 Å². The summed E-state index contributed by atoms with van der Waals surface area (Å²) in [6.07, 6.45) is 1.00. The van der Waals surface area contributed by atoms with E-state index in [4.69, 9.17) is 0 Å². The van der Waals surface area contributed by atoms with Gasteiger partial charge in [-0.25, -0.2) is 0 Å². The molecule has 1 heterocycles. The summed E-state index contributed by atoms with van der Waals surface area (Å²) >= 11 is 3.47. The number of halogens is 2. The van der Waals surface area contributed by atoms with Crippen molar-refractivity contribution in [1.82, 2.24) is 10.6 Å². The number of piperidine rings is 1. The van der Waals surface area contributed by atoms with Crippen molar-refractivity contribution in [3.63, 3.8) is 0 Å². The van der Waals surface area contributed by atoms with Gasteiger partial charge in [0.2, 0.25) is 5.91 Å². The summed E-state index contributed by atoms with van der Waals surface area (Å²) in [6, 6.07) is 8.26. The standard InChI is InChI=1S/C16H23BrN2O.ClH/c1-11-10-18-8-7-14(11)19-15(20)16(2,3)12-5-4-6-13(17)9-12;/h4-6,9,11,14,18H,7-8,10H2,1-3H3,(H,19,20);1H. The van der Waals surface area contributed by atoms with Crippen LogP contribution >= 0.6 is 28.3 Å². The Morgan fingerprint density at radius 3 is 2.76 bits per heavy atom. The van der Waals surface area contributed by atoms with Crippen molar-refractivity contribution < 1.29 is 4.79 Å². The SMILES string of the molecule is CC1CNCCC1NC(=O)C(C)(C)c1cccc(Br)c1.Cl. The summed E-state index contributed by atoms with van der Waals surface area (Å²) in [6.45, 7) is 8.10. The molecule has 1 aromatic carbocycles. The Morgan fingerprint density at radius 1 is 1.43 bits per heavy atom. The van der Waals surface area contributed by atoms with Crippen LogP contribution in [-0.4, -0.2) is 25.0 Å². The first-order valence-electron chi connectivity index (χ1n) is 7.19. The predicted octanol–water partition coefficient (Wildman–Crippen LogP) is 3.26. The molecule has 2 rings (SSSR count). The Bertz CT molecular complexity index is 493. The maximum atomic E-state index is 12.6. The van der Waals surface area contributed by atoms with Crippen LogP contribution in [0.1, 0.15) is 32.8 Å². The highest BCUT2D eigenvalue weighted by atomic mass is 79.9. The zero-order valence-corrected chi connectivity index (χ0v) is 15.2. The number of rotatable bonds is 3. The van der Waals surface area contributed by atoms with Crippen LogP contribution in [0.3, 0.4) is 0 Å². The van der Waals surface area contributed by atoms with E-state index in [2.05, 4.69) is 33.5 Å². The van der Waals surface area contributed by atoms with E-state index >= 15 is 0 Å². The third kappa shape index (κ3) is 4.44. The van der Waals surface area contributed by atoms with Crippen LogP contribution in [0.2, 0.25) is 0 Å². The molecular weight excluding hydrogens is 352 g/mol. The number of carbonyl (C=O) groups is 1. The number of nitrogens with one attached hydrogen (secondary N) is 2. The van der Waals surface area contributed by atoms with E-state index in [0.29, 0.717) is 5.92 Å². The van der Waals surface area contributed by atoms with Crippen molar-refractivity contribution in [3.8, 4) is 0 Å². The quantitative estimate of drug-likeness (QED) is 0.851. The summed E-state index contributed by atoms with van der Waals surface area (Å²) < 4.78 is 1.01. The zero-order valence-electron chi connectivity index (χ0n) is 12.8. The average Bonchev–Trinajstić information content (AvgIpc) is 2.41. The summed E-state index contributed by atoms with van der Waals surface area (Å²) in [5, 5.41) is 6.59. The van der Waals surface area contributed by atoms with E-state index in [1.807, 2.05) is 38.1 Å². The van der Waals surface area contributed by atoms with Crippen molar-refractivity contribution in [2.75, 3.05) is 13.1 Å². The average molecular weight is 376 g/mol. The normalized spacial score (nSPS) is 22.3. The molecule has 0 bridgehead atoms. The fourth-order valence-corrected chi connectivity index (χ4v) is 2.98. The highest BCUT2D eigenvalue weighted by Gasteiger charge is 2.33. The lowest BCUT2D eigenvalue weighted by atomic mass is 9.83. The molecule has 2 atom stereocenters. The minimum absolute atomic E-state index is 0. The Kier molecular flexibility index (Phi) is 6.70. The second-order valence-corrected chi connectivity index (χ2v) is 7.10. The van der Waals surface area contributed by atoms with E-state index in [1.165, 1.54) is 0 Å². The third-order valence-electron chi connectivity index (χ3n) is 4.22. The molecule has 1 aliphatic rings. The maximum Gasteiger partial charge on any atom is 0.230 e. The molecule has 1 saturated heterocycles. The van der Waals surface area contributed by atoms with Gasteiger partial charge in [0, 0.05) is 10.5 Å². The van der Waals surface area contributed by atoms with Crippen LogP contribution in [0.25, 0.3) is 0 Å². The van der Waals surface area contributed by atoms with Gasteiger partial charge in [0.15, 0.2) is 0 Å². The Labute approximate surface area is 141 Å². The molecule has 1 aromatic rings. The minimum atomic E-state index is -0.519. The van der Waals surface area contributed by atoms with Crippen molar-refractivity contribution in [2.24, 2.45) is 5.92 Å². The molecule has 118 valence electrons. The maximum absolute atomic E-state index is 12.6. The Hall–Kier alpha value is -0.580. The predicted molar refractivity (Wildman–Crippen MR) is 93.0 cm³/mol. The van der Waals surface area contributed by atoms with Crippen molar-refractivity contribution in [2.45, 2.75) is 38.6 Å². The molecule has 1 amide bonds. The summed E-state index contributed by atoms with van der Waals surface area (Å²) in [4.78, 5) is 12.6. The lowest BCUT2D eigenvalue weighted by Crippen LogP contribution is -2.52. The van der Waals surface area contributed by atoms with E-state index < -0.39 is 5.41 Å². The molecule has 2 unspecified atom stereocenters. The fourth-order valence-electron chi connectivity index (χ4n) is 2.59. The van der Waals surface area contributed by atoms with Crippen LogP contribution in [-0.2, 0) is 10.2 Å². The second-order valence-electron chi connectivity index (χ2n) is 6.19. The highest BCUT2D eigenvalue weighted by molar-refractivity contribution is 9.10. The summed E-state index contributed by atoms with van der Waals surface area (Å²) in [5.41, 5.74) is 0.514. The largest absolute Gasteiger partial charge is 0.352 e. The van der Waals surface area contributed by atoms with Gasteiger partial charge in [-0.2, -0.15) is 0 Å². The second kappa shape index (κ2) is 7.61. The smallest absolute Gasteiger partial charge is 0.230 e. The molecule has 2 N–H and O–H groups in total. The molecule has 1 fully saturated rings. The van der Waals surface area contributed by atoms with E-state index in [-0.39, 0.29) is 24.4 Å². The van der Waals surface area contributed by atoms with E-state index in [1.54, 1.807) is 0 Å². The van der Waals surface area contributed by atoms with Crippen molar-refractivity contribution in [3.05, 3.63) is 34.3 Å². The topological polar surface area (TPSA) is 41.1 Å². The van der Waals surface area contributed by atoms with Gasteiger partial charge in [0.25, 0.3) is 0 Å². The van der Waals surface area contributed by atoms with Gasteiger partial charge >= 0.3 is 0 Å². The lowest BCUT2D eigenvalue weighted by molar-refractivity contribution is -0.126. The third-order valence-corrected chi connectivity index (χ3v) is 4.71. The number of amides is 1. The molecule has 1 aliphatic heterocycles. The van der Waals surface area contributed by atoms with Gasteiger partial charge in [-0.1, -0.05) is 35.0 Å². The highest BCUT2D eigenvalue weighted by Crippen LogP contribution is 2.26. The molecule has 0 saturated carbocycles.